The van der Waals surface area contributed by atoms with Crippen molar-refractivity contribution in [3.8, 4) is 0 Å². The van der Waals surface area contributed by atoms with E-state index in [9.17, 15) is 5.11 Å². The van der Waals surface area contributed by atoms with Gasteiger partial charge in [-0.15, -0.1) is 0 Å². The van der Waals surface area contributed by atoms with E-state index in [4.69, 9.17) is 0 Å². The largest absolute Gasteiger partial charge is 0.391 e. The van der Waals surface area contributed by atoms with Crippen molar-refractivity contribution >= 4 is 11.8 Å². The first-order valence-electron chi connectivity index (χ1n) is 6.52. The van der Waals surface area contributed by atoms with Gasteiger partial charge in [-0.1, -0.05) is 19.3 Å². The summed E-state index contributed by atoms with van der Waals surface area (Å²) in [4.78, 5) is 0. The summed E-state index contributed by atoms with van der Waals surface area (Å²) in [6.45, 7) is 7.11. The number of aliphatic hydroxyl groups excluding tert-OH is 1. The van der Waals surface area contributed by atoms with E-state index in [0.717, 1.165) is 11.0 Å². The molecule has 2 N–H and O–H groups in total. The van der Waals surface area contributed by atoms with Crippen molar-refractivity contribution in [1.29, 1.82) is 0 Å². The van der Waals surface area contributed by atoms with Crippen LogP contribution in [0.25, 0.3) is 0 Å². The molecule has 1 aliphatic rings. The molecule has 3 heteroatoms. The Hall–Kier alpha value is 0.270. The minimum Gasteiger partial charge on any atom is -0.391 e. The predicted octanol–water partition coefficient (Wildman–Crippen LogP) is 2.80. The van der Waals surface area contributed by atoms with Gasteiger partial charge in [0.15, 0.2) is 0 Å². The first-order chi connectivity index (χ1) is 7.47. The van der Waals surface area contributed by atoms with E-state index in [2.05, 4.69) is 26.1 Å². The van der Waals surface area contributed by atoms with Crippen molar-refractivity contribution in [3.63, 3.8) is 0 Å². The van der Waals surface area contributed by atoms with Crippen LogP contribution in [0, 0.1) is 0 Å². The summed E-state index contributed by atoms with van der Waals surface area (Å²) < 4.78 is 0. The van der Waals surface area contributed by atoms with Crippen molar-refractivity contribution in [3.05, 3.63) is 0 Å². The maximum Gasteiger partial charge on any atom is 0.0755 e. The van der Waals surface area contributed by atoms with Crippen molar-refractivity contribution < 1.29 is 5.11 Å². The molecule has 0 bridgehead atoms. The van der Waals surface area contributed by atoms with Crippen LogP contribution in [0.4, 0.5) is 0 Å². The number of nitrogens with one attached hydrogen (secondary N) is 1. The molecule has 0 radical (unpaired) electrons. The number of aliphatic hydroxyl groups is 1. The first kappa shape index (κ1) is 14.3. The zero-order valence-corrected chi connectivity index (χ0v) is 11.8. The molecule has 0 aromatic rings. The Balaban J connectivity index is 2.07. The van der Waals surface area contributed by atoms with Gasteiger partial charge in [0.05, 0.1) is 6.10 Å². The monoisotopic (exact) mass is 245 g/mol. The van der Waals surface area contributed by atoms with E-state index in [1.165, 1.54) is 32.1 Å². The molecule has 1 aliphatic carbocycles. The van der Waals surface area contributed by atoms with Crippen molar-refractivity contribution in [2.75, 3.05) is 12.3 Å². The van der Waals surface area contributed by atoms with Crippen LogP contribution in [0.1, 0.15) is 52.9 Å². The third-order valence-corrected chi connectivity index (χ3v) is 4.46. The van der Waals surface area contributed by atoms with E-state index in [-0.39, 0.29) is 11.6 Å². The summed E-state index contributed by atoms with van der Waals surface area (Å²) in [6.07, 6.45) is 6.67. The third-order valence-electron chi connectivity index (χ3n) is 2.94. The van der Waals surface area contributed by atoms with Gasteiger partial charge in [0.1, 0.15) is 0 Å². The number of hydrogen-bond acceptors (Lipinski definition) is 3. The molecule has 1 unspecified atom stereocenters. The molecule has 0 saturated heterocycles. The van der Waals surface area contributed by atoms with Crippen LogP contribution < -0.4 is 5.32 Å². The molecular weight excluding hydrogens is 218 g/mol. The Morgan fingerprint density at radius 2 is 1.88 bits per heavy atom. The SMILES string of the molecule is CC(C)(C)NCC(O)CSC1CCCCC1. The molecule has 96 valence electrons. The van der Waals surface area contributed by atoms with Gasteiger partial charge in [0, 0.05) is 23.1 Å². The van der Waals surface area contributed by atoms with Gasteiger partial charge in [0.25, 0.3) is 0 Å². The number of hydrogen-bond donors (Lipinski definition) is 2. The smallest absolute Gasteiger partial charge is 0.0755 e. The fraction of sp³-hybridized carbons (Fsp3) is 1.00. The Kier molecular flexibility index (Phi) is 6.16. The van der Waals surface area contributed by atoms with Gasteiger partial charge in [0.2, 0.25) is 0 Å². The lowest BCUT2D eigenvalue weighted by atomic mass is 10.0. The Morgan fingerprint density at radius 1 is 1.25 bits per heavy atom. The van der Waals surface area contributed by atoms with Crippen molar-refractivity contribution in [2.45, 2.75) is 69.8 Å². The lowest BCUT2D eigenvalue weighted by molar-refractivity contribution is 0.183. The second kappa shape index (κ2) is 6.87. The van der Waals surface area contributed by atoms with Crippen LogP contribution >= 0.6 is 11.8 Å². The molecule has 1 atom stereocenters. The second-order valence-corrected chi connectivity index (χ2v) is 7.21. The van der Waals surface area contributed by atoms with Gasteiger partial charge in [-0.25, -0.2) is 0 Å². The van der Waals surface area contributed by atoms with Crippen LogP contribution in [-0.2, 0) is 0 Å². The second-order valence-electron chi connectivity index (χ2n) is 5.88. The average molecular weight is 245 g/mol. The van der Waals surface area contributed by atoms with Crippen LogP contribution in [0.3, 0.4) is 0 Å². The van der Waals surface area contributed by atoms with Gasteiger partial charge in [-0.3, -0.25) is 0 Å². The lowest BCUT2D eigenvalue weighted by Gasteiger charge is -2.25. The van der Waals surface area contributed by atoms with Gasteiger partial charge < -0.3 is 10.4 Å². The molecule has 1 rings (SSSR count). The highest BCUT2D eigenvalue weighted by molar-refractivity contribution is 7.99. The summed E-state index contributed by atoms with van der Waals surface area (Å²) in [5, 5.41) is 14.0. The average Bonchev–Trinajstić information content (AvgIpc) is 2.24. The van der Waals surface area contributed by atoms with E-state index in [0.29, 0.717) is 6.54 Å². The standard InChI is InChI=1S/C13H27NOS/c1-13(2,3)14-9-11(15)10-16-12-7-5-4-6-8-12/h11-12,14-15H,4-10H2,1-3H3. The lowest BCUT2D eigenvalue weighted by Crippen LogP contribution is -2.41. The number of rotatable bonds is 5. The normalized spacial score (nSPS) is 21.0. The van der Waals surface area contributed by atoms with Gasteiger partial charge >= 0.3 is 0 Å². The zero-order chi connectivity index (χ0) is 12.0. The number of thioether (sulfide) groups is 1. The summed E-state index contributed by atoms with van der Waals surface area (Å²) >= 11 is 1.97. The van der Waals surface area contributed by atoms with Crippen LogP contribution in [0.5, 0.6) is 0 Å². The van der Waals surface area contributed by atoms with Crippen molar-refractivity contribution in [2.24, 2.45) is 0 Å². The fourth-order valence-electron chi connectivity index (χ4n) is 1.96. The molecule has 0 aromatic carbocycles. The molecule has 0 spiro atoms. The fourth-order valence-corrected chi connectivity index (χ4v) is 3.24. The number of β-amino-alcohol motifs (C(OH)–C–C–N with tert-alkyl or cyclic N) is 1. The Labute approximate surface area is 105 Å². The molecule has 0 amide bonds. The molecule has 1 saturated carbocycles. The zero-order valence-electron chi connectivity index (χ0n) is 11.0. The van der Waals surface area contributed by atoms with Gasteiger partial charge in [-0.2, -0.15) is 11.8 Å². The van der Waals surface area contributed by atoms with E-state index < -0.39 is 0 Å². The van der Waals surface area contributed by atoms with Gasteiger partial charge in [-0.05, 0) is 33.6 Å². The molecule has 0 heterocycles. The van der Waals surface area contributed by atoms with E-state index in [1.54, 1.807) is 0 Å². The Morgan fingerprint density at radius 3 is 2.44 bits per heavy atom. The first-order valence-corrected chi connectivity index (χ1v) is 7.57. The quantitative estimate of drug-likeness (QED) is 0.781. The summed E-state index contributed by atoms with van der Waals surface area (Å²) in [5.41, 5.74) is 0.108. The van der Waals surface area contributed by atoms with Crippen LogP contribution in [0.2, 0.25) is 0 Å². The highest BCUT2D eigenvalue weighted by Crippen LogP contribution is 2.28. The third kappa shape index (κ3) is 6.77. The molecular formula is C13H27NOS. The molecule has 2 nitrogen and oxygen atoms in total. The maximum absolute atomic E-state index is 9.86. The highest BCUT2D eigenvalue weighted by atomic mass is 32.2. The molecule has 16 heavy (non-hydrogen) atoms. The van der Waals surface area contributed by atoms with E-state index >= 15 is 0 Å². The minimum absolute atomic E-state index is 0.108. The summed E-state index contributed by atoms with van der Waals surface area (Å²) in [5.74, 6) is 0.883. The maximum atomic E-state index is 9.86. The summed E-state index contributed by atoms with van der Waals surface area (Å²) in [7, 11) is 0. The minimum atomic E-state index is -0.203. The predicted molar refractivity (Wildman–Crippen MR) is 73.1 cm³/mol. The Bertz CT molecular complexity index is 185. The van der Waals surface area contributed by atoms with Crippen LogP contribution in [0.15, 0.2) is 0 Å². The van der Waals surface area contributed by atoms with E-state index in [1.807, 2.05) is 11.8 Å². The molecule has 1 fully saturated rings. The topological polar surface area (TPSA) is 32.3 Å². The van der Waals surface area contributed by atoms with Crippen molar-refractivity contribution in [1.82, 2.24) is 5.32 Å². The summed E-state index contributed by atoms with van der Waals surface area (Å²) in [6, 6.07) is 0. The highest BCUT2D eigenvalue weighted by Gasteiger charge is 2.17. The molecule has 0 aromatic heterocycles. The van der Waals surface area contributed by atoms with Crippen LogP contribution in [-0.4, -0.2) is 34.3 Å². The molecule has 0 aliphatic heterocycles.